The maximum atomic E-state index is 14.5. The Labute approximate surface area is 208 Å². The lowest BCUT2D eigenvalue weighted by Gasteiger charge is -2.22. The van der Waals surface area contributed by atoms with Gasteiger partial charge in [-0.1, -0.05) is 23.4 Å². The number of pyridine rings is 1. The van der Waals surface area contributed by atoms with Crippen molar-refractivity contribution in [1.82, 2.24) is 25.0 Å². The highest BCUT2D eigenvalue weighted by molar-refractivity contribution is 5.57. The van der Waals surface area contributed by atoms with Gasteiger partial charge >= 0.3 is 0 Å². The third kappa shape index (κ3) is 5.21. The molecule has 1 N–H and O–H groups in total. The molecule has 1 saturated heterocycles. The number of rotatable bonds is 7. The summed E-state index contributed by atoms with van der Waals surface area (Å²) < 4.78 is 27.1. The molecular formula is C27H28FN5O3. The van der Waals surface area contributed by atoms with Crippen molar-refractivity contribution >= 4 is 0 Å². The monoisotopic (exact) mass is 489 g/mol. The summed E-state index contributed by atoms with van der Waals surface area (Å²) in [7, 11) is 0. The molecule has 1 aliphatic heterocycles. The molecule has 4 aromatic rings. The number of piperidine rings is 1. The number of benzene rings is 1. The van der Waals surface area contributed by atoms with Crippen molar-refractivity contribution in [3.05, 3.63) is 82.4 Å². The van der Waals surface area contributed by atoms with Gasteiger partial charge in [0, 0.05) is 23.4 Å². The van der Waals surface area contributed by atoms with E-state index < -0.39 is 17.4 Å². The average molecular weight is 490 g/mol. The van der Waals surface area contributed by atoms with Crippen LogP contribution in [0.3, 0.4) is 0 Å². The summed E-state index contributed by atoms with van der Waals surface area (Å²) >= 11 is 0. The minimum Gasteiger partial charge on any atom is -0.490 e. The average Bonchev–Trinajstić information content (AvgIpc) is 3.36. The summed E-state index contributed by atoms with van der Waals surface area (Å²) in [4.78, 5) is 21.6. The molecule has 8 nitrogen and oxygen atoms in total. The number of nitrogens with one attached hydrogen (secondary N) is 1. The maximum Gasteiger partial charge on any atom is 0.287 e. The van der Waals surface area contributed by atoms with Crippen LogP contribution in [0.25, 0.3) is 22.7 Å². The quantitative estimate of drug-likeness (QED) is 0.411. The lowest BCUT2D eigenvalue weighted by atomic mass is 9.99. The summed E-state index contributed by atoms with van der Waals surface area (Å²) in [6.07, 6.45) is 7.17. The van der Waals surface area contributed by atoms with E-state index in [0.29, 0.717) is 41.1 Å². The van der Waals surface area contributed by atoms with Gasteiger partial charge in [0.2, 0.25) is 0 Å². The molecular weight excluding hydrogens is 461 g/mol. The van der Waals surface area contributed by atoms with Gasteiger partial charge in [0.15, 0.2) is 23.2 Å². The van der Waals surface area contributed by atoms with Crippen molar-refractivity contribution in [2.24, 2.45) is 5.92 Å². The number of aromatic nitrogens is 4. The van der Waals surface area contributed by atoms with Crippen molar-refractivity contribution in [2.45, 2.75) is 32.7 Å². The molecule has 1 aliphatic rings. The molecule has 9 heteroatoms. The van der Waals surface area contributed by atoms with Crippen LogP contribution in [0.4, 0.5) is 4.39 Å². The normalized spacial score (nSPS) is 15.1. The Morgan fingerprint density at radius 1 is 1.17 bits per heavy atom. The van der Waals surface area contributed by atoms with Crippen LogP contribution in [0.1, 0.15) is 37.1 Å². The molecule has 0 aliphatic carbocycles. The number of nitrogens with zero attached hydrogens (tertiary/aromatic N) is 4. The number of aryl methyl sites for hydroxylation is 1. The molecule has 5 rings (SSSR count). The van der Waals surface area contributed by atoms with Crippen molar-refractivity contribution in [3.63, 3.8) is 0 Å². The van der Waals surface area contributed by atoms with Crippen LogP contribution < -0.4 is 15.6 Å². The second-order valence-corrected chi connectivity index (χ2v) is 9.17. The van der Waals surface area contributed by atoms with E-state index in [2.05, 4.69) is 20.4 Å². The molecule has 186 valence electrons. The highest BCUT2D eigenvalue weighted by atomic mass is 19.1. The smallest absolute Gasteiger partial charge is 0.287 e. The molecule has 0 saturated carbocycles. The van der Waals surface area contributed by atoms with E-state index >= 15 is 0 Å². The molecule has 1 atom stereocenters. The van der Waals surface area contributed by atoms with Crippen LogP contribution in [0.5, 0.6) is 5.75 Å². The zero-order valence-electron chi connectivity index (χ0n) is 20.3. The molecule has 0 amide bonds. The van der Waals surface area contributed by atoms with E-state index in [4.69, 9.17) is 9.26 Å². The number of ether oxygens (including phenoxy) is 1. The largest absolute Gasteiger partial charge is 0.490 e. The standard InChI is InChI=1S/C27H28FN5O3/c1-17-10-25(36-32-17)22-12-24(28)27(34)33(15-22)18(2)20-4-3-5-21(11-20)26-30-13-23(14-31-26)35-16-19-6-8-29-9-7-19/h3-5,10-15,18-19,29H,6-9,16H2,1-2H3/t18-/m1/s1. The van der Waals surface area contributed by atoms with E-state index in [0.717, 1.165) is 37.1 Å². The molecule has 3 aromatic heterocycles. The van der Waals surface area contributed by atoms with Gasteiger partial charge in [0.05, 0.1) is 30.7 Å². The maximum absolute atomic E-state index is 14.5. The minimum absolute atomic E-state index is 0.400. The second kappa shape index (κ2) is 10.4. The number of hydrogen-bond donors (Lipinski definition) is 1. The molecule has 0 spiro atoms. The zero-order chi connectivity index (χ0) is 25.1. The van der Waals surface area contributed by atoms with Gasteiger partial charge in [-0.25, -0.2) is 14.4 Å². The lowest BCUT2D eigenvalue weighted by molar-refractivity contribution is 0.214. The van der Waals surface area contributed by atoms with E-state index in [-0.39, 0.29) is 0 Å². The van der Waals surface area contributed by atoms with Crippen LogP contribution in [-0.2, 0) is 0 Å². The highest BCUT2D eigenvalue weighted by Crippen LogP contribution is 2.26. The summed E-state index contributed by atoms with van der Waals surface area (Å²) in [5.74, 6) is 1.28. The van der Waals surface area contributed by atoms with Gasteiger partial charge in [0.1, 0.15) is 0 Å². The Hall–Kier alpha value is -3.85. The van der Waals surface area contributed by atoms with Gasteiger partial charge < -0.3 is 19.1 Å². The first kappa shape index (κ1) is 23.9. The van der Waals surface area contributed by atoms with Gasteiger partial charge in [-0.2, -0.15) is 0 Å². The SMILES string of the molecule is Cc1cc(-c2cc(F)c(=O)n([C@H](C)c3cccc(-c4ncc(OCC5CCNCC5)cn4)c3)c2)on1. The fraction of sp³-hybridized carbons (Fsp3) is 0.333. The first-order valence-corrected chi connectivity index (χ1v) is 12.1. The number of halogens is 1. The van der Waals surface area contributed by atoms with Crippen LogP contribution in [-0.4, -0.2) is 39.4 Å². The summed E-state index contributed by atoms with van der Waals surface area (Å²) in [5, 5.41) is 7.21. The summed E-state index contributed by atoms with van der Waals surface area (Å²) in [6, 6.07) is 10.0. The molecule has 4 heterocycles. The van der Waals surface area contributed by atoms with Crippen LogP contribution in [0, 0.1) is 18.7 Å². The van der Waals surface area contributed by atoms with Crippen molar-refractivity contribution in [3.8, 4) is 28.5 Å². The van der Waals surface area contributed by atoms with E-state index in [1.807, 2.05) is 31.2 Å². The molecule has 1 aromatic carbocycles. The Balaban J connectivity index is 1.35. The minimum atomic E-state index is -0.854. The van der Waals surface area contributed by atoms with Crippen molar-refractivity contribution in [2.75, 3.05) is 19.7 Å². The topological polar surface area (TPSA) is 95.1 Å². The predicted molar refractivity (Wildman–Crippen MR) is 133 cm³/mol. The first-order chi connectivity index (χ1) is 17.5. The molecule has 0 bridgehead atoms. The van der Waals surface area contributed by atoms with Crippen LogP contribution >= 0.6 is 0 Å². The van der Waals surface area contributed by atoms with Gasteiger partial charge in [-0.15, -0.1) is 0 Å². The van der Waals surface area contributed by atoms with Gasteiger partial charge in [-0.05, 0) is 63.4 Å². The van der Waals surface area contributed by atoms with Gasteiger partial charge in [0.25, 0.3) is 5.56 Å². The van der Waals surface area contributed by atoms with Crippen molar-refractivity contribution in [1.29, 1.82) is 0 Å². The Morgan fingerprint density at radius 3 is 2.67 bits per heavy atom. The highest BCUT2D eigenvalue weighted by Gasteiger charge is 2.18. The third-order valence-corrected chi connectivity index (χ3v) is 6.53. The Morgan fingerprint density at radius 2 is 1.94 bits per heavy atom. The predicted octanol–water partition coefficient (Wildman–Crippen LogP) is 4.40. The van der Waals surface area contributed by atoms with Crippen LogP contribution in [0.2, 0.25) is 0 Å². The van der Waals surface area contributed by atoms with Crippen molar-refractivity contribution < 1.29 is 13.7 Å². The molecule has 0 unspecified atom stereocenters. The number of hydrogen-bond acceptors (Lipinski definition) is 7. The fourth-order valence-corrected chi connectivity index (χ4v) is 4.39. The molecule has 36 heavy (non-hydrogen) atoms. The molecule has 1 fully saturated rings. The van der Waals surface area contributed by atoms with Gasteiger partial charge in [-0.3, -0.25) is 4.79 Å². The van der Waals surface area contributed by atoms with E-state index in [1.165, 1.54) is 10.6 Å². The van der Waals surface area contributed by atoms with E-state index in [1.54, 1.807) is 31.6 Å². The van der Waals surface area contributed by atoms with E-state index in [9.17, 15) is 9.18 Å². The first-order valence-electron chi connectivity index (χ1n) is 12.1. The Bertz CT molecular complexity index is 1390. The second-order valence-electron chi connectivity index (χ2n) is 9.17. The Kier molecular flexibility index (Phi) is 6.90. The third-order valence-electron chi connectivity index (χ3n) is 6.53. The molecule has 0 radical (unpaired) electrons. The zero-order valence-corrected chi connectivity index (χ0v) is 20.3. The summed E-state index contributed by atoms with van der Waals surface area (Å²) in [5.41, 5.74) is 2.01. The lowest BCUT2D eigenvalue weighted by Crippen LogP contribution is -2.30. The van der Waals surface area contributed by atoms with Crippen LogP contribution in [0.15, 0.2) is 64.3 Å². The summed E-state index contributed by atoms with van der Waals surface area (Å²) in [6.45, 7) is 6.34. The fourth-order valence-electron chi connectivity index (χ4n) is 4.39.